The number of hydrogen-bond donors (Lipinski definition) is 0. The monoisotopic (exact) mass is 261 g/mol. The normalized spacial score (nSPS) is 10.9. The Hall–Kier alpha value is -0.660. The van der Waals surface area contributed by atoms with Crippen molar-refractivity contribution >= 4 is 21.0 Å². The van der Waals surface area contributed by atoms with Crippen molar-refractivity contribution in [1.29, 1.82) is 0 Å². The summed E-state index contributed by atoms with van der Waals surface area (Å²) in [5, 5.41) is 0.275. The molecular weight excluding hydrogens is 253 g/mol. The zero-order valence-corrected chi connectivity index (χ0v) is 12.2. The molecule has 84 valence electrons. The Morgan fingerprint density at radius 1 is 1.29 bits per heavy atom. The van der Waals surface area contributed by atoms with Crippen molar-refractivity contribution < 1.29 is 47.3 Å². The van der Waals surface area contributed by atoms with Crippen LogP contribution >= 0.6 is 0 Å². The zero-order valence-electron chi connectivity index (χ0n) is 9.38. The van der Waals surface area contributed by atoms with Gasteiger partial charge in [0.1, 0.15) is 21.4 Å². The van der Waals surface area contributed by atoms with Crippen LogP contribution in [-0.2, 0) is 10.1 Å². The van der Waals surface area contributed by atoms with Gasteiger partial charge in [-0.2, -0.15) is 0 Å². The molecule has 1 heterocycles. The minimum absolute atomic E-state index is 0. The minimum atomic E-state index is -4.50. The smallest absolute Gasteiger partial charge is 0.744 e. The van der Waals surface area contributed by atoms with E-state index in [0.29, 0.717) is 11.3 Å². The molecular formula is C10H8NNaO4S. The topological polar surface area (TPSA) is 79.3 Å². The van der Waals surface area contributed by atoms with Crippen LogP contribution < -0.4 is 34.3 Å². The molecule has 0 saturated heterocycles. The van der Waals surface area contributed by atoms with Crippen LogP contribution in [0, 0.1) is 0 Å². The Morgan fingerprint density at radius 3 is 2.59 bits per heavy atom. The van der Waals surface area contributed by atoms with Crippen molar-refractivity contribution in [2.75, 3.05) is 7.11 Å². The molecule has 0 saturated carbocycles. The second-order valence-corrected chi connectivity index (χ2v) is 4.47. The molecule has 2 aromatic rings. The van der Waals surface area contributed by atoms with E-state index in [2.05, 4.69) is 4.98 Å². The summed E-state index contributed by atoms with van der Waals surface area (Å²) in [7, 11) is -3.05. The Kier molecular flexibility index (Phi) is 4.51. The molecule has 0 unspecified atom stereocenters. The maximum atomic E-state index is 11.0. The minimum Gasteiger partial charge on any atom is -0.744 e. The molecule has 0 aliphatic carbocycles. The molecule has 1 aromatic heterocycles. The van der Waals surface area contributed by atoms with E-state index < -0.39 is 10.1 Å². The van der Waals surface area contributed by atoms with E-state index in [1.54, 1.807) is 6.07 Å². The third kappa shape index (κ3) is 2.78. The molecule has 0 aliphatic rings. The number of benzene rings is 1. The molecule has 0 fully saturated rings. The fraction of sp³-hybridized carbons (Fsp3) is 0.100. The summed E-state index contributed by atoms with van der Waals surface area (Å²) >= 11 is 0. The predicted molar refractivity (Wildman–Crippen MR) is 56.3 cm³/mol. The van der Waals surface area contributed by atoms with Crippen LogP contribution in [0.3, 0.4) is 0 Å². The molecule has 1 aromatic carbocycles. The molecule has 0 N–H and O–H groups in total. The van der Waals surface area contributed by atoms with Gasteiger partial charge in [0.25, 0.3) is 0 Å². The Balaban J connectivity index is 0.00000144. The standard InChI is InChI=1S/C10H9NO4S.Na/c1-15-8-4-5-9(16(12,13)14)7-3-2-6-11-10(7)8;/h2-6H,1H3,(H,12,13,14);/q;+1/p-1. The molecule has 7 heteroatoms. The van der Waals surface area contributed by atoms with Crippen molar-refractivity contribution in [3.8, 4) is 5.75 Å². The summed E-state index contributed by atoms with van der Waals surface area (Å²) in [6, 6.07) is 5.73. The molecule has 0 atom stereocenters. The predicted octanol–water partition coefficient (Wildman–Crippen LogP) is -1.85. The number of hydrogen-bond acceptors (Lipinski definition) is 5. The number of aromatic nitrogens is 1. The number of fused-ring (bicyclic) bond motifs is 1. The first-order chi connectivity index (χ1) is 7.54. The van der Waals surface area contributed by atoms with E-state index in [1.807, 2.05) is 0 Å². The van der Waals surface area contributed by atoms with Gasteiger partial charge < -0.3 is 9.29 Å². The molecule has 5 nitrogen and oxygen atoms in total. The van der Waals surface area contributed by atoms with Crippen molar-refractivity contribution in [3.63, 3.8) is 0 Å². The molecule has 0 aliphatic heterocycles. The van der Waals surface area contributed by atoms with E-state index in [9.17, 15) is 13.0 Å². The van der Waals surface area contributed by atoms with Gasteiger partial charge in [-0.15, -0.1) is 0 Å². The zero-order chi connectivity index (χ0) is 11.8. The average molecular weight is 261 g/mol. The van der Waals surface area contributed by atoms with Crippen LogP contribution in [0.1, 0.15) is 0 Å². The molecule has 0 amide bonds. The summed E-state index contributed by atoms with van der Waals surface area (Å²) in [6.07, 6.45) is 1.51. The first-order valence-electron chi connectivity index (χ1n) is 4.41. The van der Waals surface area contributed by atoms with Crippen LogP contribution in [0.2, 0.25) is 0 Å². The summed E-state index contributed by atoms with van der Waals surface area (Å²) in [5.74, 6) is 0.433. The van der Waals surface area contributed by atoms with Gasteiger partial charge in [0.2, 0.25) is 0 Å². The molecule has 2 rings (SSSR count). The number of methoxy groups -OCH3 is 1. The maximum absolute atomic E-state index is 11.0. The first-order valence-corrected chi connectivity index (χ1v) is 5.82. The Morgan fingerprint density at radius 2 is 2.00 bits per heavy atom. The summed E-state index contributed by atoms with van der Waals surface area (Å²) < 4.78 is 38.1. The van der Waals surface area contributed by atoms with Gasteiger partial charge in [-0.05, 0) is 24.3 Å². The molecule has 0 bridgehead atoms. The quantitative estimate of drug-likeness (QED) is 0.468. The third-order valence-electron chi connectivity index (χ3n) is 2.18. The number of pyridine rings is 1. The van der Waals surface area contributed by atoms with Crippen LogP contribution in [0.5, 0.6) is 5.75 Å². The van der Waals surface area contributed by atoms with Crippen LogP contribution in [0.25, 0.3) is 10.9 Å². The summed E-state index contributed by atoms with van der Waals surface area (Å²) in [6.45, 7) is 0. The van der Waals surface area contributed by atoms with E-state index >= 15 is 0 Å². The van der Waals surface area contributed by atoms with Crippen molar-refractivity contribution in [1.82, 2.24) is 4.98 Å². The van der Waals surface area contributed by atoms with Gasteiger partial charge in [-0.3, -0.25) is 4.98 Å². The fourth-order valence-electron chi connectivity index (χ4n) is 1.50. The maximum Gasteiger partial charge on any atom is 1.00 e. The molecule has 0 spiro atoms. The van der Waals surface area contributed by atoms with Crippen LogP contribution in [0.4, 0.5) is 0 Å². The van der Waals surface area contributed by atoms with E-state index in [4.69, 9.17) is 4.74 Å². The van der Waals surface area contributed by atoms with Gasteiger partial charge in [0.15, 0.2) is 0 Å². The Labute approximate surface area is 121 Å². The first kappa shape index (κ1) is 14.4. The summed E-state index contributed by atoms with van der Waals surface area (Å²) in [5.41, 5.74) is 0.363. The number of rotatable bonds is 2. The van der Waals surface area contributed by atoms with Gasteiger partial charge >= 0.3 is 29.6 Å². The van der Waals surface area contributed by atoms with E-state index in [-0.39, 0.29) is 39.8 Å². The Bertz CT molecular complexity index is 642. The summed E-state index contributed by atoms with van der Waals surface area (Å²) in [4.78, 5) is 3.72. The molecule has 0 radical (unpaired) electrons. The van der Waals surface area contributed by atoms with Crippen LogP contribution in [0.15, 0.2) is 35.4 Å². The number of ether oxygens (including phenoxy) is 1. The number of nitrogens with zero attached hydrogens (tertiary/aromatic N) is 1. The van der Waals surface area contributed by atoms with Gasteiger partial charge in [0, 0.05) is 11.6 Å². The van der Waals surface area contributed by atoms with E-state index in [0.717, 1.165) is 0 Å². The van der Waals surface area contributed by atoms with Crippen molar-refractivity contribution in [2.45, 2.75) is 4.90 Å². The van der Waals surface area contributed by atoms with Gasteiger partial charge in [0.05, 0.1) is 12.0 Å². The second kappa shape index (κ2) is 5.32. The van der Waals surface area contributed by atoms with Crippen LogP contribution in [-0.4, -0.2) is 25.1 Å². The fourth-order valence-corrected chi connectivity index (χ4v) is 2.17. The largest absolute Gasteiger partial charge is 1.00 e. The SMILES string of the molecule is COc1ccc(S(=O)(=O)[O-])c2cccnc12.[Na+]. The average Bonchev–Trinajstić information content (AvgIpc) is 2.26. The second-order valence-electron chi connectivity index (χ2n) is 3.12. The third-order valence-corrected chi connectivity index (χ3v) is 3.08. The van der Waals surface area contributed by atoms with Gasteiger partial charge in [-0.25, -0.2) is 8.42 Å². The molecule has 17 heavy (non-hydrogen) atoms. The van der Waals surface area contributed by atoms with Crippen molar-refractivity contribution in [3.05, 3.63) is 30.5 Å². The van der Waals surface area contributed by atoms with Crippen molar-refractivity contribution in [2.24, 2.45) is 0 Å². The van der Waals surface area contributed by atoms with E-state index in [1.165, 1.54) is 31.5 Å². The van der Waals surface area contributed by atoms with Gasteiger partial charge in [-0.1, -0.05) is 0 Å².